The smallest absolute Gasteiger partial charge is 0.324 e. The first-order valence-electron chi connectivity index (χ1n) is 7.15. The van der Waals surface area contributed by atoms with E-state index in [0.29, 0.717) is 19.3 Å². The quantitative estimate of drug-likeness (QED) is 0.522. The number of benzene rings is 1. The molecule has 23 heavy (non-hydrogen) atoms. The molecule has 1 fully saturated rings. The van der Waals surface area contributed by atoms with E-state index in [0.717, 1.165) is 6.07 Å². The van der Waals surface area contributed by atoms with Gasteiger partial charge >= 0.3 is 6.18 Å². The Kier molecular flexibility index (Phi) is 7.11. The highest BCUT2D eigenvalue weighted by Gasteiger charge is 2.41. The summed E-state index contributed by atoms with van der Waals surface area (Å²) in [7, 11) is 0. The molecule has 0 aliphatic heterocycles. The maximum Gasteiger partial charge on any atom is 0.391 e. The van der Waals surface area contributed by atoms with Crippen molar-refractivity contribution in [1.82, 2.24) is 0 Å². The van der Waals surface area contributed by atoms with E-state index in [1.807, 2.05) is 0 Å². The van der Waals surface area contributed by atoms with Crippen molar-refractivity contribution in [3.05, 3.63) is 34.4 Å². The minimum atomic E-state index is -4.15. The van der Waals surface area contributed by atoms with Crippen LogP contribution in [-0.2, 0) is 0 Å². The summed E-state index contributed by atoms with van der Waals surface area (Å²) in [6.45, 7) is 0. The second-order valence-corrected chi connectivity index (χ2v) is 6.24. The molecular formula is C15H18Cl2F5N. The van der Waals surface area contributed by atoms with E-state index in [1.54, 1.807) is 0 Å². The third kappa shape index (κ3) is 4.94. The summed E-state index contributed by atoms with van der Waals surface area (Å²) in [5, 5.41) is -0.603. The van der Waals surface area contributed by atoms with Crippen LogP contribution in [0.1, 0.15) is 43.7 Å². The highest BCUT2D eigenvalue weighted by molar-refractivity contribution is 6.30. The van der Waals surface area contributed by atoms with Gasteiger partial charge in [0.1, 0.15) is 16.7 Å². The number of halogens is 7. The molecule has 0 aromatic heterocycles. The maximum atomic E-state index is 13.9. The van der Waals surface area contributed by atoms with Gasteiger partial charge in [0, 0.05) is 11.6 Å². The Morgan fingerprint density at radius 3 is 2.22 bits per heavy atom. The molecule has 1 nitrogen and oxygen atoms in total. The summed E-state index contributed by atoms with van der Waals surface area (Å²) in [6.07, 6.45) is -2.81. The Morgan fingerprint density at radius 2 is 1.70 bits per heavy atom. The van der Waals surface area contributed by atoms with E-state index < -0.39 is 34.8 Å². The maximum absolute atomic E-state index is 13.9. The standard InChI is InChI=1S/C15H17ClF5N.ClH/c16-13-11(17)6-5-10(14(13)18)12(22)7-8-1-3-9(4-2-8)15(19,20)21;/h5-6,8-9,12H,1-4,7,22H2;1H. The van der Waals surface area contributed by atoms with Crippen LogP contribution in [0.5, 0.6) is 0 Å². The van der Waals surface area contributed by atoms with Crippen molar-refractivity contribution in [2.45, 2.75) is 44.3 Å². The Hall–Kier alpha value is -0.590. The second kappa shape index (κ2) is 7.99. The molecule has 1 saturated carbocycles. The third-order valence-corrected chi connectivity index (χ3v) is 4.71. The van der Waals surface area contributed by atoms with Crippen molar-refractivity contribution in [2.24, 2.45) is 17.6 Å². The van der Waals surface area contributed by atoms with Crippen molar-refractivity contribution in [1.29, 1.82) is 0 Å². The fourth-order valence-corrected chi connectivity index (χ4v) is 3.21. The first kappa shape index (κ1) is 20.5. The number of alkyl halides is 3. The molecule has 0 amide bonds. The zero-order valence-corrected chi connectivity index (χ0v) is 13.7. The minimum absolute atomic E-state index is 0. The number of nitrogens with two attached hydrogens (primary N) is 1. The van der Waals surface area contributed by atoms with Crippen LogP contribution in [-0.4, -0.2) is 6.18 Å². The molecule has 0 radical (unpaired) electrons. The molecule has 1 unspecified atom stereocenters. The van der Waals surface area contributed by atoms with Gasteiger partial charge in [-0.3, -0.25) is 0 Å². The summed E-state index contributed by atoms with van der Waals surface area (Å²) in [5.74, 6) is -2.99. The predicted octanol–water partition coefficient (Wildman–Crippen LogP) is 5.80. The molecular weight excluding hydrogens is 360 g/mol. The molecule has 2 rings (SSSR count). The van der Waals surface area contributed by atoms with Crippen molar-refractivity contribution in [3.63, 3.8) is 0 Å². The molecule has 1 aliphatic rings. The fraction of sp³-hybridized carbons (Fsp3) is 0.600. The minimum Gasteiger partial charge on any atom is -0.324 e. The molecule has 1 atom stereocenters. The summed E-state index contributed by atoms with van der Waals surface area (Å²) >= 11 is 5.51. The lowest BCUT2D eigenvalue weighted by Gasteiger charge is -2.31. The van der Waals surface area contributed by atoms with Crippen LogP contribution in [0.4, 0.5) is 22.0 Å². The largest absolute Gasteiger partial charge is 0.391 e. The van der Waals surface area contributed by atoms with E-state index in [-0.39, 0.29) is 36.7 Å². The van der Waals surface area contributed by atoms with Gasteiger partial charge in [0.25, 0.3) is 0 Å². The predicted molar refractivity (Wildman–Crippen MR) is 81.7 cm³/mol. The Bertz CT molecular complexity index is 527. The Morgan fingerprint density at radius 1 is 1.13 bits per heavy atom. The van der Waals surface area contributed by atoms with E-state index in [9.17, 15) is 22.0 Å². The van der Waals surface area contributed by atoms with Crippen LogP contribution in [0.15, 0.2) is 12.1 Å². The van der Waals surface area contributed by atoms with Gasteiger partial charge < -0.3 is 5.73 Å². The van der Waals surface area contributed by atoms with Gasteiger partial charge in [0.05, 0.1) is 5.92 Å². The van der Waals surface area contributed by atoms with E-state index in [4.69, 9.17) is 17.3 Å². The normalized spacial score (nSPS) is 23.3. The number of rotatable bonds is 3. The zero-order chi connectivity index (χ0) is 16.5. The summed E-state index contributed by atoms with van der Waals surface area (Å²) in [5.41, 5.74) is 6.02. The van der Waals surface area contributed by atoms with Gasteiger partial charge in [-0.05, 0) is 44.1 Å². The lowest BCUT2D eigenvalue weighted by molar-refractivity contribution is -0.184. The Labute approximate surface area is 142 Å². The summed E-state index contributed by atoms with van der Waals surface area (Å²) in [4.78, 5) is 0. The lowest BCUT2D eigenvalue weighted by Crippen LogP contribution is -2.29. The van der Waals surface area contributed by atoms with E-state index >= 15 is 0 Å². The SMILES string of the molecule is Cl.NC(CC1CCC(C(F)(F)F)CC1)c1ccc(F)c(Cl)c1F. The molecule has 1 aromatic rings. The molecule has 8 heteroatoms. The lowest BCUT2D eigenvalue weighted by atomic mass is 9.78. The van der Waals surface area contributed by atoms with Gasteiger partial charge in [0.2, 0.25) is 0 Å². The van der Waals surface area contributed by atoms with E-state index in [1.165, 1.54) is 6.07 Å². The third-order valence-electron chi connectivity index (χ3n) is 4.36. The van der Waals surface area contributed by atoms with Gasteiger partial charge in [-0.15, -0.1) is 12.4 Å². The van der Waals surface area contributed by atoms with Crippen molar-refractivity contribution >= 4 is 24.0 Å². The van der Waals surface area contributed by atoms with Gasteiger partial charge in [0.15, 0.2) is 0 Å². The first-order valence-corrected chi connectivity index (χ1v) is 7.53. The van der Waals surface area contributed by atoms with Crippen LogP contribution < -0.4 is 5.73 Å². The van der Waals surface area contributed by atoms with Crippen molar-refractivity contribution in [3.8, 4) is 0 Å². The monoisotopic (exact) mass is 377 g/mol. The van der Waals surface area contributed by atoms with Crippen molar-refractivity contribution in [2.75, 3.05) is 0 Å². The summed E-state index contributed by atoms with van der Waals surface area (Å²) in [6, 6.07) is 1.58. The molecule has 0 spiro atoms. The average molecular weight is 378 g/mol. The molecule has 1 aliphatic carbocycles. The van der Waals surface area contributed by atoms with Crippen LogP contribution in [0.3, 0.4) is 0 Å². The van der Waals surface area contributed by atoms with Crippen LogP contribution in [0.2, 0.25) is 5.02 Å². The molecule has 0 saturated heterocycles. The highest BCUT2D eigenvalue weighted by atomic mass is 35.5. The molecule has 2 N–H and O–H groups in total. The highest BCUT2D eigenvalue weighted by Crippen LogP contribution is 2.41. The van der Waals surface area contributed by atoms with Gasteiger partial charge in [-0.1, -0.05) is 17.7 Å². The summed E-state index contributed by atoms with van der Waals surface area (Å²) < 4.78 is 64.8. The zero-order valence-electron chi connectivity index (χ0n) is 12.2. The van der Waals surface area contributed by atoms with E-state index in [2.05, 4.69) is 0 Å². The Balaban J connectivity index is 0.00000264. The average Bonchev–Trinajstić information content (AvgIpc) is 2.44. The molecule has 1 aromatic carbocycles. The topological polar surface area (TPSA) is 26.0 Å². The fourth-order valence-electron chi connectivity index (χ4n) is 3.04. The molecule has 132 valence electrons. The van der Waals surface area contributed by atoms with Crippen LogP contribution in [0.25, 0.3) is 0 Å². The van der Waals surface area contributed by atoms with Gasteiger partial charge in [-0.25, -0.2) is 8.78 Å². The first-order chi connectivity index (χ1) is 10.2. The number of hydrogen-bond donors (Lipinski definition) is 1. The van der Waals surface area contributed by atoms with Crippen LogP contribution in [0, 0.1) is 23.5 Å². The van der Waals surface area contributed by atoms with Crippen molar-refractivity contribution < 1.29 is 22.0 Å². The van der Waals surface area contributed by atoms with Crippen LogP contribution >= 0.6 is 24.0 Å². The van der Waals surface area contributed by atoms with Gasteiger partial charge in [-0.2, -0.15) is 13.2 Å². The number of hydrogen-bond acceptors (Lipinski definition) is 1. The molecule has 0 heterocycles. The molecule has 0 bridgehead atoms. The second-order valence-electron chi connectivity index (χ2n) is 5.87.